The van der Waals surface area contributed by atoms with Crippen molar-refractivity contribution in [2.75, 3.05) is 26.3 Å². The first-order chi connectivity index (χ1) is 8.59. The molecule has 1 aromatic rings. The highest BCUT2D eigenvalue weighted by molar-refractivity contribution is 6.30. The molecule has 6 heteroatoms. The molecule has 18 heavy (non-hydrogen) atoms. The summed E-state index contributed by atoms with van der Waals surface area (Å²) < 4.78 is 18.3. The Labute approximate surface area is 109 Å². The third-order valence-electron chi connectivity index (χ3n) is 2.90. The number of ether oxygens (including phenoxy) is 1. The molecule has 0 aromatic heterocycles. The summed E-state index contributed by atoms with van der Waals surface area (Å²) in [5.74, 6) is -1.52. The highest BCUT2D eigenvalue weighted by Gasteiger charge is 2.29. The van der Waals surface area contributed by atoms with Crippen LogP contribution in [0.2, 0.25) is 5.02 Å². The zero-order chi connectivity index (χ0) is 13.1. The van der Waals surface area contributed by atoms with Gasteiger partial charge in [0.2, 0.25) is 0 Å². The molecule has 0 spiro atoms. The Balaban J connectivity index is 2.28. The van der Waals surface area contributed by atoms with Crippen LogP contribution in [0, 0.1) is 5.82 Å². The lowest BCUT2D eigenvalue weighted by atomic mass is 10.0. The summed E-state index contributed by atoms with van der Waals surface area (Å²) in [7, 11) is 0. The highest BCUT2D eigenvalue weighted by atomic mass is 35.5. The number of benzene rings is 1. The Kier molecular flexibility index (Phi) is 4.16. The van der Waals surface area contributed by atoms with Gasteiger partial charge in [-0.25, -0.2) is 4.39 Å². The molecular weight excluding hydrogens is 261 g/mol. The maximum absolute atomic E-state index is 13.1. The number of carboxylic acids is 1. The molecule has 1 fully saturated rings. The number of hydrogen-bond acceptors (Lipinski definition) is 3. The van der Waals surface area contributed by atoms with E-state index in [2.05, 4.69) is 0 Å². The summed E-state index contributed by atoms with van der Waals surface area (Å²) >= 11 is 5.69. The molecule has 1 N–H and O–H groups in total. The van der Waals surface area contributed by atoms with Crippen molar-refractivity contribution in [1.29, 1.82) is 0 Å². The molecule has 1 aliphatic rings. The van der Waals surface area contributed by atoms with Crippen molar-refractivity contribution >= 4 is 17.6 Å². The van der Waals surface area contributed by atoms with Gasteiger partial charge in [0.05, 0.1) is 18.2 Å². The van der Waals surface area contributed by atoms with Gasteiger partial charge >= 0.3 is 5.97 Å². The Bertz CT molecular complexity index is 449. The minimum atomic E-state index is -0.973. The molecule has 0 radical (unpaired) electrons. The first-order valence-electron chi connectivity index (χ1n) is 5.59. The van der Waals surface area contributed by atoms with Crippen molar-refractivity contribution in [2.24, 2.45) is 0 Å². The van der Waals surface area contributed by atoms with Crippen LogP contribution in [-0.2, 0) is 9.53 Å². The molecule has 1 aliphatic heterocycles. The second-order valence-corrected chi connectivity index (χ2v) is 4.47. The van der Waals surface area contributed by atoms with Gasteiger partial charge in [0.1, 0.15) is 11.9 Å². The summed E-state index contributed by atoms with van der Waals surface area (Å²) in [4.78, 5) is 13.2. The fourth-order valence-electron chi connectivity index (χ4n) is 2.03. The van der Waals surface area contributed by atoms with Gasteiger partial charge in [-0.2, -0.15) is 0 Å². The molecule has 0 amide bonds. The van der Waals surface area contributed by atoms with Crippen LogP contribution in [0.5, 0.6) is 0 Å². The Morgan fingerprint density at radius 2 is 2.11 bits per heavy atom. The molecule has 0 aliphatic carbocycles. The van der Waals surface area contributed by atoms with Crippen LogP contribution >= 0.6 is 11.6 Å². The Hall–Kier alpha value is -1.17. The van der Waals surface area contributed by atoms with E-state index >= 15 is 0 Å². The second kappa shape index (κ2) is 5.65. The number of aliphatic carboxylic acids is 1. The van der Waals surface area contributed by atoms with Crippen molar-refractivity contribution in [3.63, 3.8) is 0 Å². The predicted octanol–water partition coefficient (Wildman–Crippen LogP) is 1.94. The molecule has 0 bridgehead atoms. The monoisotopic (exact) mass is 273 g/mol. The van der Waals surface area contributed by atoms with Gasteiger partial charge in [-0.05, 0) is 17.7 Å². The first-order valence-corrected chi connectivity index (χ1v) is 5.97. The van der Waals surface area contributed by atoms with Crippen LogP contribution in [0.1, 0.15) is 11.6 Å². The number of hydrogen-bond donors (Lipinski definition) is 1. The van der Waals surface area contributed by atoms with Gasteiger partial charge in [0.15, 0.2) is 0 Å². The van der Waals surface area contributed by atoms with Gasteiger partial charge in [0.25, 0.3) is 0 Å². The first kappa shape index (κ1) is 13.3. The number of carbonyl (C=O) groups is 1. The number of rotatable bonds is 3. The van der Waals surface area contributed by atoms with Crippen molar-refractivity contribution in [3.05, 3.63) is 34.6 Å². The lowest BCUT2D eigenvalue weighted by Gasteiger charge is -2.32. The van der Waals surface area contributed by atoms with Crippen LogP contribution in [0.25, 0.3) is 0 Å². The van der Waals surface area contributed by atoms with Crippen molar-refractivity contribution in [1.82, 2.24) is 4.90 Å². The third kappa shape index (κ3) is 2.80. The Morgan fingerprint density at radius 3 is 2.67 bits per heavy atom. The molecule has 0 saturated carbocycles. The predicted molar refractivity (Wildman–Crippen MR) is 64.2 cm³/mol. The molecule has 1 saturated heterocycles. The molecule has 1 atom stereocenters. The smallest absolute Gasteiger partial charge is 0.325 e. The number of carboxylic acid groups (broad SMARTS) is 1. The highest BCUT2D eigenvalue weighted by Crippen LogP contribution is 2.26. The zero-order valence-electron chi connectivity index (χ0n) is 9.60. The van der Waals surface area contributed by atoms with E-state index in [1.165, 1.54) is 18.2 Å². The quantitative estimate of drug-likeness (QED) is 0.914. The molecule has 1 unspecified atom stereocenters. The fraction of sp³-hybridized carbons (Fsp3) is 0.417. The summed E-state index contributed by atoms with van der Waals surface area (Å²) in [6.07, 6.45) is 0. The maximum Gasteiger partial charge on any atom is 0.325 e. The molecule has 4 nitrogen and oxygen atoms in total. The minimum absolute atomic E-state index is 0.0630. The van der Waals surface area contributed by atoms with Crippen LogP contribution in [0.3, 0.4) is 0 Å². The largest absolute Gasteiger partial charge is 0.480 e. The van der Waals surface area contributed by atoms with E-state index in [9.17, 15) is 14.3 Å². The van der Waals surface area contributed by atoms with E-state index in [1.54, 1.807) is 4.90 Å². The van der Waals surface area contributed by atoms with Gasteiger partial charge in [-0.3, -0.25) is 9.69 Å². The second-order valence-electron chi connectivity index (χ2n) is 4.06. The van der Waals surface area contributed by atoms with Gasteiger partial charge in [-0.1, -0.05) is 17.7 Å². The topological polar surface area (TPSA) is 49.8 Å². The maximum atomic E-state index is 13.1. The molecule has 1 aromatic carbocycles. The van der Waals surface area contributed by atoms with E-state index in [0.29, 0.717) is 31.9 Å². The summed E-state index contributed by atoms with van der Waals surface area (Å²) in [5.41, 5.74) is 0.482. The van der Waals surface area contributed by atoms with E-state index in [0.717, 1.165) is 0 Å². The van der Waals surface area contributed by atoms with Crippen LogP contribution in [0.15, 0.2) is 18.2 Å². The molecule has 1 heterocycles. The normalized spacial score (nSPS) is 18.6. The molecule has 2 rings (SSSR count). The Morgan fingerprint density at radius 1 is 1.44 bits per heavy atom. The lowest BCUT2D eigenvalue weighted by molar-refractivity contribution is -0.145. The average molecular weight is 274 g/mol. The van der Waals surface area contributed by atoms with Gasteiger partial charge in [-0.15, -0.1) is 0 Å². The zero-order valence-corrected chi connectivity index (χ0v) is 10.4. The standard InChI is InChI=1S/C12H13ClFNO3/c13-9-7-8(1-2-10(9)14)11(12(16)17)15-3-5-18-6-4-15/h1-2,7,11H,3-6H2,(H,16,17). The minimum Gasteiger partial charge on any atom is -0.480 e. The van der Waals surface area contributed by atoms with Crippen molar-refractivity contribution < 1.29 is 19.0 Å². The van der Waals surface area contributed by atoms with E-state index in [4.69, 9.17) is 16.3 Å². The SMILES string of the molecule is O=C(O)C(c1ccc(F)c(Cl)c1)N1CCOCC1. The third-order valence-corrected chi connectivity index (χ3v) is 3.19. The summed E-state index contributed by atoms with van der Waals surface area (Å²) in [5, 5.41) is 9.26. The number of halogens is 2. The number of nitrogens with zero attached hydrogens (tertiary/aromatic N) is 1. The van der Waals surface area contributed by atoms with Gasteiger partial charge < -0.3 is 9.84 Å². The van der Waals surface area contributed by atoms with Crippen molar-refractivity contribution in [2.45, 2.75) is 6.04 Å². The van der Waals surface area contributed by atoms with Crippen molar-refractivity contribution in [3.8, 4) is 0 Å². The van der Waals surface area contributed by atoms with E-state index in [1.807, 2.05) is 0 Å². The van der Waals surface area contributed by atoms with Gasteiger partial charge in [0, 0.05) is 13.1 Å². The summed E-state index contributed by atoms with van der Waals surface area (Å²) in [6.45, 7) is 2.06. The van der Waals surface area contributed by atoms with Crippen LogP contribution < -0.4 is 0 Å². The lowest BCUT2D eigenvalue weighted by Crippen LogP contribution is -2.42. The molecule has 98 valence electrons. The van der Waals surface area contributed by atoms with Crippen LogP contribution in [0.4, 0.5) is 4.39 Å². The fourth-order valence-corrected chi connectivity index (χ4v) is 2.22. The average Bonchev–Trinajstić information content (AvgIpc) is 2.35. The van der Waals surface area contributed by atoms with E-state index < -0.39 is 17.8 Å². The summed E-state index contributed by atoms with van der Waals surface area (Å²) in [6, 6.07) is 3.20. The number of morpholine rings is 1. The molecular formula is C12H13ClFNO3. The van der Waals surface area contributed by atoms with E-state index in [-0.39, 0.29) is 5.02 Å². The van der Waals surface area contributed by atoms with Crippen LogP contribution in [-0.4, -0.2) is 42.3 Å².